The summed E-state index contributed by atoms with van der Waals surface area (Å²) < 4.78 is 53.1. The minimum absolute atomic E-state index is 0. The van der Waals surface area contributed by atoms with E-state index in [0.29, 0.717) is 0 Å². The number of hydrogen-bond donors (Lipinski definition) is 1. The van der Waals surface area contributed by atoms with Gasteiger partial charge >= 0.3 is 0 Å². The highest BCUT2D eigenvalue weighted by Gasteiger charge is 2.33. The van der Waals surface area contributed by atoms with Gasteiger partial charge in [0.25, 0.3) is 0 Å². The summed E-state index contributed by atoms with van der Waals surface area (Å²) >= 11 is 0. The quantitative estimate of drug-likeness (QED) is 0.836. The van der Waals surface area contributed by atoms with Crippen LogP contribution in [-0.2, 0) is 14.8 Å². The maximum atomic E-state index is 13.7. The molecule has 0 spiro atoms. The number of sulfonamides is 1. The Kier molecular flexibility index (Phi) is 6.87. The average Bonchev–Trinajstić information content (AvgIpc) is 2.47. The molecule has 1 saturated heterocycles. The van der Waals surface area contributed by atoms with Gasteiger partial charge < -0.3 is 10.2 Å². The second-order valence-electron chi connectivity index (χ2n) is 4.87. The second-order valence-corrected chi connectivity index (χ2v) is 6.74. The zero-order valence-electron chi connectivity index (χ0n) is 12.5. The molecule has 10 heteroatoms. The lowest BCUT2D eigenvalue weighted by molar-refractivity contribution is -0.131. The number of amides is 1. The summed E-state index contributed by atoms with van der Waals surface area (Å²) in [5.74, 6) is -2.38. The highest BCUT2D eigenvalue weighted by Crippen LogP contribution is 2.23. The highest BCUT2D eigenvalue weighted by atomic mass is 35.5. The monoisotopic (exact) mass is 369 g/mol. The minimum Gasteiger partial charge on any atom is -0.339 e. The molecule has 6 nitrogen and oxygen atoms in total. The normalized spacial score (nSPS) is 16.0. The van der Waals surface area contributed by atoms with Gasteiger partial charge in [-0.3, -0.25) is 4.79 Å². The molecule has 1 aromatic carbocycles. The van der Waals surface area contributed by atoms with Gasteiger partial charge in [0.1, 0.15) is 11.6 Å². The third kappa shape index (κ3) is 4.17. The van der Waals surface area contributed by atoms with Crippen LogP contribution in [0.25, 0.3) is 0 Å². The van der Waals surface area contributed by atoms with E-state index in [1.165, 1.54) is 4.90 Å². The van der Waals surface area contributed by atoms with E-state index in [4.69, 9.17) is 0 Å². The highest BCUT2D eigenvalue weighted by molar-refractivity contribution is 7.89. The minimum atomic E-state index is -4.26. The van der Waals surface area contributed by atoms with Crippen LogP contribution >= 0.6 is 12.4 Å². The molecule has 23 heavy (non-hydrogen) atoms. The summed E-state index contributed by atoms with van der Waals surface area (Å²) in [7, 11) is -2.62. The largest absolute Gasteiger partial charge is 0.339 e. The van der Waals surface area contributed by atoms with E-state index in [0.717, 1.165) is 22.5 Å². The maximum absolute atomic E-state index is 13.7. The van der Waals surface area contributed by atoms with Crippen LogP contribution in [0.2, 0.25) is 0 Å². The van der Waals surface area contributed by atoms with Crippen LogP contribution < -0.4 is 5.32 Å². The Morgan fingerprint density at radius 3 is 2.17 bits per heavy atom. The molecule has 0 atom stereocenters. The van der Waals surface area contributed by atoms with Gasteiger partial charge in [-0.1, -0.05) is 6.07 Å². The van der Waals surface area contributed by atoms with Crippen molar-refractivity contribution in [3.8, 4) is 0 Å². The summed E-state index contributed by atoms with van der Waals surface area (Å²) in [5.41, 5.74) is 0. The summed E-state index contributed by atoms with van der Waals surface area (Å²) in [6, 6.07) is 2.92. The molecule has 0 unspecified atom stereocenters. The molecule has 130 valence electrons. The first-order chi connectivity index (χ1) is 10.4. The molecule has 1 N–H and O–H groups in total. The molecule has 0 bridgehead atoms. The van der Waals surface area contributed by atoms with Gasteiger partial charge in [0, 0.05) is 26.2 Å². The first kappa shape index (κ1) is 19.8. The Balaban J connectivity index is 0.00000264. The van der Waals surface area contributed by atoms with Gasteiger partial charge in [-0.15, -0.1) is 12.4 Å². The van der Waals surface area contributed by atoms with Crippen molar-refractivity contribution >= 4 is 28.3 Å². The zero-order valence-corrected chi connectivity index (χ0v) is 14.1. The van der Waals surface area contributed by atoms with Crippen LogP contribution in [0.1, 0.15) is 0 Å². The van der Waals surface area contributed by atoms with Crippen molar-refractivity contribution in [2.45, 2.75) is 4.90 Å². The summed E-state index contributed by atoms with van der Waals surface area (Å²) in [4.78, 5) is 12.3. The first-order valence-corrected chi connectivity index (χ1v) is 8.18. The van der Waals surface area contributed by atoms with E-state index < -0.39 is 26.6 Å². The Morgan fingerprint density at radius 1 is 1.17 bits per heavy atom. The van der Waals surface area contributed by atoms with Crippen LogP contribution in [0.3, 0.4) is 0 Å². The van der Waals surface area contributed by atoms with Gasteiger partial charge in [-0.05, 0) is 19.2 Å². The number of rotatable bonds is 4. The standard InChI is InChI=1S/C13H17F2N3O3S.ClH/c1-16-9-12(19)17-5-7-18(8-6-17)22(20,21)13-10(14)3-2-4-11(13)15;/h2-4,16H,5-9H2,1H3;1H. The molecular weight excluding hydrogens is 352 g/mol. The molecule has 1 heterocycles. The van der Waals surface area contributed by atoms with E-state index in [2.05, 4.69) is 5.32 Å². The van der Waals surface area contributed by atoms with Crippen LogP contribution in [0.5, 0.6) is 0 Å². The van der Waals surface area contributed by atoms with Crippen molar-refractivity contribution < 1.29 is 22.0 Å². The van der Waals surface area contributed by atoms with E-state index in [1.54, 1.807) is 7.05 Å². The number of carbonyl (C=O) groups excluding carboxylic acids is 1. The summed E-state index contributed by atoms with van der Waals surface area (Å²) in [6.07, 6.45) is 0. The molecule has 0 saturated carbocycles. The van der Waals surface area contributed by atoms with Crippen molar-refractivity contribution in [2.24, 2.45) is 0 Å². The molecule has 1 fully saturated rings. The second kappa shape index (κ2) is 8.00. The SMILES string of the molecule is CNCC(=O)N1CCN(S(=O)(=O)c2c(F)cccc2F)CC1.Cl. The Labute approximate surface area is 139 Å². The van der Waals surface area contributed by atoms with Crippen LogP contribution in [-0.4, -0.2) is 63.3 Å². The van der Waals surface area contributed by atoms with Gasteiger partial charge in [0.15, 0.2) is 4.90 Å². The molecule has 0 aromatic heterocycles. The predicted molar refractivity (Wildman–Crippen MR) is 82.9 cm³/mol. The number of hydrogen-bond acceptors (Lipinski definition) is 4. The number of nitrogens with one attached hydrogen (secondary N) is 1. The van der Waals surface area contributed by atoms with Crippen LogP contribution in [0.4, 0.5) is 8.78 Å². The van der Waals surface area contributed by atoms with Crippen molar-refractivity contribution in [3.05, 3.63) is 29.8 Å². The topological polar surface area (TPSA) is 69.7 Å². The van der Waals surface area contributed by atoms with Crippen LogP contribution in [0.15, 0.2) is 23.1 Å². The average molecular weight is 370 g/mol. The molecule has 1 aliphatic heterocycles. The summed E-state index contributed by atoms with van der Waals surface area (Å²) in [5, 5.41) is 2.72. The maximum Gasteiger partial charge on any atom is 0.249 e. The molecule has 1 aromatic rings. The molecular formula is C13H18ClF2N3O3S. The van der Waals surface area contributed by atoms with Crippen molar-refractivity contribution in [1.82, 2.24) is 14.5 Å². The first-order valence-electron chi connectivity index (χ1n) is 6.74. The fraction of sp³-hybridized carbons (Fsp3) is 0.462. The number of nitrogens with zero attached hydrogens (tertiary/aromatic N) is 2. The number of halogens is 3. The van der Waals surface area contributed by atoms with E-state index in [1.807, 2.05) is 0 Å². The number of likely N-dealkylation sites (N-methyl/N-ethyl adjacent to an activating group) is 1. The van der Waals surface area contributed by atoms with E-state index >= 15 is 0 Å². The summed E-state index contributed by atoms with van der Waals surface area (Å²) in [6.45, 7) is 0.553. The lowest BCUT2D eigenvalue weighted by Crippen LogP contribution is -2.52. The number of carbonyl (C=O) groups is 1. The van der Waals surface area contributed by atoms with Crippen LogP contribution in [0, 0.1) is 11.6 Å². The van der Waals surface area contributed by atoms with Crippen molar-refractivity contribution in [2.75, 3.05) is 39.8 Å². The van der Waals surface area contributed by atoms with Gasteiger partial charge in [0.05, 0.1) is 6.54 Å². The third-order valence-electron chi connectivity index (χ3n) is 3.44. The van der Waals surface area contributed by atoms with Crippen molar-refractivity contribution in [3.63, 3.8) is 0 Å². The predicted octanol–water partition coefficient (Wildman–Crippen LogP) is 0.439. The zero-order chi connectivity index (χ0) is 16.3. The molecule has 0 radical (unpaired) electrons. The lowest BCUT2D eigenvalue weighted by atomic mass is 10.3. The van der Waals surface area contributed by atoms with Gasteiger partial charge in [0.2, 0.25) is 15.9 Å². The number of piperazine rings is 1. The fourth-order valence-corrected chi connectivity index (χ4v) is 3.83. The fourth-order valence-electron chi connectivity index (χ4n) is 2.30. The van der Waals surface area contributed by atoms with E-state index in [-0.39, 0.29) is 51.0 Å². The Bertz CT molecular complexity index is 644. The molecule has 1 aliphatic rings. The molecule has 1 amide bonds. The van der Waals surface area contributed by atoms with Gasteiger partial charge in [-0.25, -0.2) is 17.2 Å². The molecule has 2 rings (SSSR count). The Hall–Kier alpha value is -1.29. The third-order valence-corrected chi connectivity index (χ3v) is 5.39. The lowest BCUT2D eigenvalue weighted by Gasteiger charge is -2.34. The molecule has 0 aliphatic carbocycles. The van der Waals surface area contributed by atoms with Crippen molar-refractivity contribution in [1.29, 1.82) is 0 Å². The number of benzene rings is 1. The van der Waals surface area contributed by atoms with Gasteiger partial charge in [-0.2, -0.15) is 4.31 Å². The Morgan fingerprint density at radius 2 is 1.70 bits per heavy atom. The van der Waals surface area contributed by atoms with E-state index in [9.17, 15) is 22.0 Å². The smallest absolute Gasteiger partial charge is 0.249 e.